The molecule has 0 aliphatic rings. The van der Waals surface area contributed by atoms with E-state index in [2.05, 4.69) is 4.72 Å². The largest absolute Gasteiger partial charge is 0.289 e. The van der Waals surface area contributed by atoms with Crippen LogP contribution in [0.4, 0.5) is 11.4 Å². The Morgan fingerprint density at radius 1 is 1.32 bits per heavy atom. The Hall–Kier alpha value is -1.64. The van der Waals surface area contributed by atoms with E-state index in [-0.39, 0.29) is 9.92 Å². The summed E-state index contributed by atoms with van der Waals surface area (Å²) in [7, 11) is -3.86. The number of sulfonamides is 1. The molecule has 1 heterocycles. The second-order valence-corrected chi connectivity index (χ2v) is 6.36. The van der Waals surface area contributed by atoms with E-state index in [0.29, 0.717) is 5.69 Å². The molecule has 0 radical (unpaired) electrons. The minimum atomic E-state index is -3.86. The number of halogens is 1. The molecular formula is C10H7ClN2O4S2. The Bertz CT molecular complexity index is 713. The molecule has 0 saturated heterocycles. The molecule has 2 aromatic rings. The summed E-state index contributed by atoms with van der Waals surface area (Å²) in [5, 5.41) is 13.9. The van der Waals surface area contributed by atoms with Crippen molar-refractivity contribution in [1.29, 1.82) is 0 Å². The highest BCUT2D eigenvalue weighted by Crippen LogP contribution is 2.28. The van der Waals surface area contributed by atoms with Crippen molar-refractivity contribution in [3.63, 3.8) is 0 Å². The number of hydrogen-bond donors (Lipinski definition) is 1. The minimum Gasteiger partial charge on any atom is -0.279 e. The van der Waals surface area contributed by atoms with Gasteiger partial charge < -0.3 is 0 Å². The molecule has 1 aromatic heterocycles. The number of nitrogens with one attached hydrogen (secondary N) is 1. The minimum absolute atomic E-state index is 0.112. The molecule has 0 unspecified atom stereocenters. The van der Waals surface area contributed by atoms with Gasteiger partial charge in [0, 0.05) is 11.4 Å². The van der Waals surface area contributed by atoms with Crippen LogP contribution in [0.25, 0.3) is 0 Å². The van der Waals surface area contributed by atoms with Crippen molar-refractivity contribution in [2.24, 2.45) is 0 Å². The lowest BCUT2D eigenvalue weighted by molar-refractivity contribution is -0.384. The lowest BCUT2D eigenvalue weighted by Crippen LogP contribution is -2.12. The van der Waals surface area contributed by atoms with Crippen molar-refractivity contribution in [2.45, 2.75) is 4.90 Å². The summed E-state index contributed by atoms with van der Waals surface area (Å²) in [4.78, 5) is 9.78. The van der Waals surface area contributed by atoms with E-state index in [0.717, 1.165) is 6.07 Å². The average molecular weight is 319 g/mol. The standard InChI is InChI=1S/C10H7ClN2O4S2/c11-9-2-1-8(5-10(9)13(14)15)19(16,17)12-7-3-4-18-6-7/h1-6,12H. The van der Waals surface area contributed by atoms with Crippen molar-refractivity contribution in [1.82, 2.24) is 0 Å². The molecule has 0 saturated carbocycles. The van der Waals surface area contributed by atoms with E-state index in [1.807, 2.05) is 0 Å². The number of rotatable bonds is 4. The number of anilines is 1. The normalized spacial score (nSPS) is 11.2. The van der Waals surface area contributed by atoms with Crippen molar-refractivity contribution in [2.75, 3.05) is 4.72 Å². The second-order valence-electron chi connectivity index (χ2n) is 3.49. The van der Waals surface area contributed by atoms with E-state index >= 15 is 0 Å². The fourth-order valence-electron chi connectivity index (χ4n) is 1.34. The van der Waals surface area contributed by atoms with Crippen LogP contribution in [0.15, 0.2) is 39.9 Å². The Morgan fingerprint density at radius 2 is 2.05 bits per heavy atom. The molecule has 0 bridgehead atoms. The van der Waals surface area contributed by atoms with Crippen molar-refractivity contribution >= 4 is 44.3 Å². The van der Waals surface area contributed by atoms with E-state index in [9.17, 15) is 18.5 Å². The van der Waals surface area contributed by atoms with Crippen molar-refractivity contribution in [3.05, 3.63) is 50.2 Å². The van der Waals surface area contributed by atoms with Crippen LogP contribution in [0.2, 0.25) is 5.02 Å². The average Bonchev–Trinajstić information content (AvgIpc) is 2.80. The molecule has 0 aliphatic carbocycles. The second kappa shape index (κ2) is 5.16. The van der Waals surface area contributed by atoms with Crippen LogP contribution in [0.3, 0.4) is 0 Å². The molecule has 1 aromatic carbocycles. The fraction of sp³-hybridized carbons (Fsp3) is 0. The molecule has 19 heavy (non-hydrogen) atoms. The molecule has 0 aliphatic heterocycles. The fourth-order valence-corrected chi connectivity index (χ4v) is 3.25. The zero-order valence-electron chi connectivity index (χ0n) is 9.24. The molecule has 9 heteroatoms. The Balaban J connectivity index is 2.41. The molecule has 0 amide bonds. The number of hydrogen-bond acceptors (Lipinski definition) is 5. The van der Waals surface area contributed by atoms with Crippen molar-refractivity contribution < 1.29 is 13.3 Å². The monoisotopic (exact) mass is 318 g/mol. The van der Waals surface area contributed by atoms with Gasteiger partial charge in [0.1, 0.15) is 5.02 Å². The summed E-state index contributed by atoms with van der Waals surface area (Å²) in [6.07, 6.45) is 0. The zero-order chi connectivity index (χ0) is 14.0. The van der Waals surface area contributed by atoms with E-state index in [1.54, 1.807) is 16.8 Å². The summed E-state index contributed by atoms with van der Waals surface area (Å²) in [5.41, 5.74) is -0.0440. The molecule has 0 spiro atoms. The summed E-state index contributed by atoms with van der Waals surface area (Å²) in [5.74, 6) is 0. The van der Waals surface area contributed by atoms with Crippen LogP contribution in [0, 0.1) is 10.1 Å². The van der Waals surface area contributed by atoms with Crippen LogP contribution < -0.4 is 4.72 Å². The molecule has 6 nitrogen and oxygen atoms in total. The maximum absolute atomic E-state index is 12.0. The molecule has 0 fully saturated rings. The molecular weight excluding hydrogens is 312 g/mol. The third-order valence-electron chi connectivity index (χ3n) is 2.20. The van der Waals surface area contributed by atoms with Gasteiger partial charge in [-0.15, -0.1) is 0 Å². The van der Waals surface area contributed by atoms with Crippen LogP contribution in [0.5, 0.6) is 0 Å². The number of nitro groups is 1. The highest BCUT2D eigenvalue weighted by molar-refractivity contribution is 7.92. The lowest BCUT2D eigenvalue weighted by atomic mass is 10.3. The summed E-state index contributed by atoms with van der Waals surface area (Å²) < 4.78 is 26.3. The van der Waals surface area contributed by atoms with E-state index < -0.39 is 20.6 Å². The first-order chi connectivity index (χ1) is 8.90. The molecule has 1 N–H and O–H groups in total. The molecule has 100 valence electrons. The molecule has 2 rings (SSSR count). The number of nitro benzene ring substituents is 1. The van der Waals surface area contributed by atoms with E-state index in [4.69, 9.17) is 11.6 Å². The maximum Gasteiger partial charge on any atom is 0.289 e. The predicted octanol–water partition coefficient (Wildman–Crippen LogP) is 3.11. The third kappa shape index (κ3) is 3.03. The SMILES string of the molecule is O=[N+]([O-])c1cc(S(=O)(=O)Nc2ccsc2)ccc1Cl. The first kappa shape index (κ1) is 13.8. The summed E-state index contributed by atoms with van der Waals surface area (Å²) >= 11 is 6.96. The Morgan fingerprint density at radius 3 is 2.63 bits per heavy atom. The van der Waals surface area contributed by atoms with Crippen LogP contribution in [-0.2, 0) is 10.0 Å². The zero-order valence-corrected chi connectivity index (χ0v) is 11.6. The van der Waals surface area contributed by atoms with E-state index in [1.165, 1.54) is 23.5 Å². The van der Waals surface area contributed by atoms with Gasteiger partial charge in [-0.25, -0.2) is 8.42 Å². The van der Waals surface area contributed by atoms with Gasteiger partial charge in [0.2, 0.25) is 0 Å². The van der Waals surface area contributed by atoms with Gasteiger partial charge in [-0.3, -0.25) is 14.8 Å². The smallest absolute Gasteiger partial charge is 0.279 e. The van der Waals surface area contributed by atoms with Gasteiger partial charge in [0.25, 0.3) is 15.7 Å². The maximum atomic E-state index is 12.0. The number of thiophene rings is 1. The van der Waals surface area contributed by atoms with Gasteiger partial charge >= 0.3 is 0 Å². The predicted molar refractivity (Wildman–Crippen MR) is 73.2 cm³/mol. The van der Waals surface area contributed by atoms with Gasteiger partial charge in [-0.05, 0) is 23.6 Å². The Kier molecular flexibility index (Phi) is 3.74. The van der Waals surface area contributed by atoms with Crippen LogP contribution in [-0.4, -0.2) is 13.3 Å². The first-order valence-corrected chi connectivity index (χ1v) is 7.69. The van der Waals surface area contributed by atoms with Gasteiger partial charge in [0.05, 0.1) is 15.5 Å². The topological polar surface area (TPSA) is 89.3 Å². The first-order valence-electron chi connectivity index (χ1n) is 4.89. The van der Waals surface area contributed by atoms with Crippen LogP contribution >= 0.6 is 22.9 Å². The van der Waals surface area contributed by atoms with Crippen molar-refractivity contribution in [3.8, 4) is 0 Å². The summed E-state index contributed by atoms with van der Waals surface area (Å²) in [6, 6.07) is 4.91. The van der Waals surface area contributed by atoms with Gasteiger partial charge in [-0.1, -0.05) is 11.6 Å². The quantitative estimate of drug-likeness (QED) is 0.692. The number of nitrogens with zero attached hydrogens (tertiary/aromatic N) is 1. The highest BCUT2D eigenvalue weighted by Gasteiger charge is 2.20. The van der Waals surface area contributed by atoms with Gasteiger partial charge in [0.15, 0.2) is 0 Å². The van der Waals surface area contributed by atoms with Crippen LogP contribution in [0.1, 0.15) is 0 Å². The van der Waals surface area contributed by atoms with Gasteiger partial charge in [-0.2, -0.15) is 11.3 Å². The molecule has 0 atom stereocenters. The lowest BCUT2D eigenvalue weighted by Gasteiger charge is -2.06. The summed E-state index contributed by atoms with van der Waals surface area (Å²) in [6.45, 7) is 0. The number of benzene rings is 1. The Labute approximate surface area is 117 Å². The third-order valence-corrected chi connectivity index (χ3v) is 4.58. The highest BCUT2D eigenvalue weighted by atomic mass is 35.5.